The molecule has 1 aliphatic heterocycles. The summed E-state index contributed by atoms with van der Waals surface area (Å²) in [6.45, 7) is 9.92. The topological polar surface area (TPSA) is 63.2 Å². The Balaban J connectivity index is 2.35. The van der Waals surface area contributed by atoms with E-state index in [1.807, 2.05) is 34.6 Å². The lowest BCUT2D eigenvalue weighted by atomic mass is 9.80. The van der Waals surface area contributed by atoms with Crippen LogP contribution in [0.5, 0.6) is 0 Å². The minimum atomic E-state index is -3.28. The lowest BCUT2D eigenvalue weighted by molar-refractivity contribution is -0.117. The maximum atomic E-state index is 13.0. The van der Waals surface area contributed by atoms with Gasteiger partial charge in [0, 0.05) is 17.4 Å². The molecule has 0 bridgehead atoms. The molecule has 1 saturated carbocycles. The Hall–Kier alpha value is -1.62. The van der Waals surface area contributed by atoms with Gasteiger partial charge < -0.3 is 5.32 Å². The molecule has 2 aliphatic rings. The number of carbonyl (C=O) groups excluding carboxylic acids is 1. The molecule has 1 aromatic carbocycles. The highest BCUT2D eigenvalue weighted by Crippen LogP contribution is 2.55. The molecule has 25 heavy (non-hydrogen) atoms. The average molecular weight is 362 g/mol. The van der Waals surface area contributed by atoms with Gasteiger partial charge in [-0.3, -0.25) is 4.79 Å². The van der Waals surface area contributed by atoms with Crippen molar-refractivity contribution in [1.82, 2.24) is 5.32 Å². The molecule has 136 valence electrons. The summed E-state index contributed by atoms with van der Waals surface area (Å²) in [5.41, 5.74) is 5.01. The van der Waals surface area contributed by atoms with Crippen LogP contribution in [0, 0.1) is 20.8 Å². The summed E-state index contributed by atoms with van der Waals surface area (Å²) in [5, 5.41) is 3.06. The quantitative estimate of drug-likeness (QED) is 0.899. The molecule has 0 saturated heterocycles. The SMILES string of the molecule is Cc1cc(C)c(C2=C(C3(S(C)(=O)=O)CC3)CC(C)(C)NC2=O)c(C)c1. The van der Waals surface area contributed by atoms with Gasteiger partial charge in [-0.2, -0.15) is 0 Å². The lowest BCUT2D eigenvalue weighted by Crippen LogP contribution is -2.50. The van der Waals surface area contributed by atoms with E-state index < -0.39 is 20.1 Å². The van der Waals surface area contributed by atoms with E-state index in [2.05, 4.69) is 17.4 Å². The third-order valence-corrected chi connectivity index (χ3v) is 7.56. The monoisotopic (exact) mass is 361 g/mol. The molecule has 0 aromatic heterocycles. The van der Waals surface area contributed by atoms with Crippen molar-refractivity contribution in [3.8, 4) is 0 Å². The Kier molecular flexibility index (Phi) is 3.95. The van der Waals surface area contributed by atoms with E-state index in [-0.39, 0.29) is 5.91 Å². The summed E-state index contributed by atoms with van der Waals surface area (Å²) in [4.78, 5) is 13.0. The maximum absolute atomic E-state index is 13.0. The molecular weight excluding hydrogens is 334 g/mol. The highest BCUT2D eigenvalue weighted by Gasteiger charge is 2.58. The van der Waals surface area contributed by atoms with Crippen LogP contribution >= 0.6 is 0 Å². The fraction of sp³-hybridized carbons (Fsp3) is 0.550. The van der Waals surface area contributed by atoms with Gasteiger partial charge in [-0.15, -0.1) is 0 Å². The normalized spacial score (nSPS) is 21.9. The molecule has 1 heterocycles. The largest absolute Gasteiger partial charge is 0.347 e. The van der Waals surface area contributed by atoms with Crippen molar-refractivity contribution in [3.63, 3.8) is 0 Å². The molecule has 3 rings (SSSR count). The molecular formula is C20H27NO3S. The van der Waals surface area contributed by atoms with E-state index in [0.29, 0.717) is 24.8 Å². The van der Waals surface area contributed by atoms with Gasteiger partial charge in [-0.25, -0.2) is 8.42 Å². The Morgan fingerprint density at radius 2 is 1.56 bits per heavy atom. The van der Waals surface area contributed by atoms with Crippen molar-refractivity contribution in [2.24, 2.45) is 0 Å². The van der Waals surface area contributed by atoms with E-state index >= 15 is 0 Å². The zero-order chi connectivity index (χ0) is 18.8. The van der Waals surface area contributed by atoms with Gasteiger partial charge in [-0.1, -0.05) is 17.7 Å². The molecule has 0 unspecified atom stereocenters. The first-order valence-electron chi connectivity index (χ1n) is 8.72. The van der Waals surface area contributed by atoms with Crippen LogP contribution in [0.3, 0.4) is 0 Å². The number of hydrogen-bond acceptors (Lipinski definition) is 3. The fourth-order valence-corrected chi connectivity index (χ4v) is 5.78. The maximum Gasteiger partial charge on any atom is 0.252 e. The second-order valence-electron chi connectivity index (χ2n) is 8.41. The number of sulfone groups is 1. The smallest absolute Gasteiger partial charge is 0.252 e. The van der Waals surface area contributed by atoms with E-state index in [4.69, 9.17) is 0 Å². The number of rotatable bonds is 3. The summed E-state index contributed by atoms with van der Waals surface area (Å²) in [6.07, 6.45) is 3.09. The molecule has 1 aliphatic carbocycles. The van der Waals surface area contributed by atoms with Crippen molar-refractivity contribution in [1.29, 1.82) is 0 Å². The Morgan fingerprint density at radius 3 is 2.00 bits per heavy atom. The van der Waals surface area contributed by atoms with Crippen LogP contribution in [0.25, 0.3) is 5.57 Å². The van der Waals surface area contributed by atoms with Crippen LogP contribution in [0.1, 0.15) is 55.4 Å². The van der Waals surface area contributed by atoms with Gasteiger partial charge >= 0.3 is 0 Å². The van der Waals surface area contributed by atoms with Crippen molar-refractivity contribution < 1.29 is 13.2 Å². The molecule has 0 radical (unpaired) electrons. The van der Waals surface area contributed by atoms with E-state index in [0.717, 1.165) is 27.8 Å². The van der Waals surface area contributed by atoms with Gasteiger partial charge in [0.1, 0.15) is 0 Å². The van der Waals surface area contributed by atoms with E-state index in [1.54, 1.807) is 0 Å². The lowest BCUT2D eigenvalue weighted by Gasteiger charge is -2.37. The Labute approximate surface area is 150 Å². The summed E-state index contributed by atoms with van der Waals surface area (Å²) < 4.78 is 24.3. The number of amides is 1. The van der Waals surface area contributed by atoms with Crippen LogP contribution in [-0.4, -0.2) is 30.9 Å². The van der Waals surface area contributed by atoms with E-state index in [9.17, 15) is 13.2 Å². The van der Waals surface area contributed by atoms with Gasteiger partial charge in [0.2, 0.25) is 0 Å². The van der Waals surface area contributed by atoms with Gasteiger partial charge in [0.15, 0.2) is 9.84 Å². The standard InChI is InChI=1S/C20H27NO3S/c1-12-9-13(2)16(14(3)10-12)17-15(11-19(4,5)21-18(17)22)20(7-8-20)25(6,23)24/h9-10H,7-8,11H2,1-6H3,(H,21,22). The summed E-state index contributed by atoms with van der Waals surface area (Å²) in [7, 11) is -3.28. The highest BCUT2D eigenvalue weighted by molar-refractivity contribution is 7.92. The van der Waals surface area contributed by atoms with Crippen LogP contribution in [0.15, 0.2) is 17.7 Å². The molecule has 0 atom stereocenters. The van der Waals surface area contributed by atoms with Crippen LogP contribution in [0.4, 0.5) is 0 Å². The molecule has 1 fully saturated rings. The van der Waals surface area contributed by atoms with Crippen LogP contribution in [-0.2, 0) is 14.6 Å². The first-order valence-corrected chi connectivity index (χ1v) is 10.6. The fourth-order valence-electron chi connectivity index (χ4n) is 4.32. The number of carbonyl (C=O) groups is 1. The molecule has 1 amide bonds. The zero-order valence-electron chi connectivity index (χ0n) is 15.9. The molecule has 1 N–H and O–H groups in total. The minimum absolute atomic E-state index is 0.156. The predicted molar refractivity (Wildman–Crippen MR) is 101 cm³/mol. The van der Waals surface area contributed by atoms with Crippen molar-refractivity contribution in [2.45, 2.75) is 64.2 Å². The summed E-state index contributed by atoms with van der Waals surface area (Å²) >= 11 is 0. The predicted octanol–water partition coefficient (Wildman–Crippen LogP) is 3.24. The average Bonchev–Trinajstić information content (AvgIpc) is 3.19. The zero-order valence-corrected chi connectivity index (χ0v) is 16.7. The molecule has 0 spiro atoms. The molecule has 5 heteroatoms. The van der Waals surface area contributed by atoms with Gasteiger partial charge in [-0.05, 0) is 76.1 Å². The van der Waals surface area contributed by atoms with Crippen LogP contribution in [0.2, 0.25) is 0 Å². The second-order valence-corrected chi connectivity index (χ2v) is 10.7. The minimum Gasteiger partial charge on any atom is -0.347 e. The van der Waals surface area contributed by atoms with Crippen molar-refractivity contribution >= 4 is 21.3 Å². The highest BCUT2D eigenvalue weighted by atomic mass is 32.2. The Morgan fingerprint density at radius 1 is 1.04 bits per heavy atom. The third-order valence-electron chi connectivity index (χ3n) is 5.49. The first-order chi connectivity index (χ1) is 11.4. The molecule has 1 aromatic rings. The molecule has 4 nitrogen and oxygen atoms in total. The first kappa shape index (κ1) is 18.2. The van der Waals surface area contributed by atoms with Crippen molar-refractivity contribution in [2.75, 3.05) is 6.26 Å². The van der Waals surface area contributed by atoms with Crippen molar-refractivity contribution in [3.05, 3.63) is 40.0 Å². The summed E-state index contributed by atoms with van der Waals surface area (Å²) in [5.74, 6) is -0.156. The number of aryl methyl sites for hydroxylation is 3. The Bertz CT molecular complexity index is 880. The van der Waals surface area contributed by atoms with Gasteiger partial charge in [0.05, 0.1) is 4.75 Å². The number of nitrogens with one attached hydrogen (secondary N) is 1. The number of benzene rings is 1. The third kappa shape index (κ3) is 2.92. The van der Waals surface area contributed by atoms with Crippen LogP contribution < -0.4 is 5.32 Å². The second kappa shape index (κ2) is 5.44. The van der Waals surface area contributed by atoms with E-state index in [1.165, 1.54) is 6.26 Å². The number of hydrogen-bond donors (Lipinski definition) is 1. The van der Waals surface area contributed by atoms with Gasteiger partial charge in [0.25, 0.3) is 5.91 Å². The summed E-state index contributed by atoms with van der Waals surface area (Å²) in [6, 6.07) is 4.11.